The summed E-state index contributed by atoms with van der Waals surface area (Å²) in [6.07, 6.45) is 5.40. The Hall–Kier alpha value is -2.89. The minimum absolute atomic E-state index is 0.210. The monoisotopic (exact) mass is 282 g/mol. The third-order valence-corrected chi connectivity index (χ3v) is 3.01. The molecule has 6 heteroatoms. The third-order valence-electron chi connectivity index (χ3n) is 3.01. The van der Waals surface area contributed by atoms with E-state index in [4.69, 9.17) is 4.74 Å². The summed E-state index contributed by atoms with van der Waals surface area (Å²) < 4.78 is 7.62. The summed E-state index contributed by atoms with van der Waals surface area (Å²) in [4.78, 5) is 15.0. The molecule has 0 aliphatic carbocycles. The Labute approximate surface area is 121 Å². The van der Waals surface area contributed by atoms with Gasteiger partial charge in [0.2, 0.25) is 0 Å². The van der Waals surface area contributed by atoms with Gasteiger partial charge in [0.15, 0.2) is 0 Å². The number of nitrogens with one attached hydrogen (secondary N) is 1. The molecule has 2 heterocycles. The smallest absolute Gasteiger partial charge is 0.264 e. The van der Waals surface area contributed by atoms with E-state index in [1.807, 2.05) is 35.0 Å². The molecule has 3 rings (SSSR count). The predicted molar refractivity (Wildman–Crippen MR) is 78.0 cm³/mol. The van der Waals surface area contributed by atoms with Crippen molar-refractivity contribution in [3.05, 3.63) is 65.5 Å². The Morgan fingerprint density at radius 3 is 2.67 bits per heavy atom. The molecule has 0 atom stereocenters. The van der Waals surface area contributed by atoms with Crippen molar-refractivity contribution in [1.82, 2.24) is 19.7 Å². The van der Waals surface area contributed by atoms with Crippen molar-refractivity contribution < 1.29 is 4.74 Å². The summed E-state index contributed by atoms with van der Waals surface area (Å²) in [6.45, 7) is 1.33. The molecule has 106 valence electrons. The van der Waals surface area contributed by atoms with Crippen molar-refractivity contribution in [3.8, 4) is 17.0 Å². The van der Waals surface area contributed by atoms with Crippen LogP contribution in [0.2, 0.25) is 0 Å². The summed E-state index contributed by atoms with van der Waals surface area (Å²) in [7, 11) is 0. The van der Waals surface area contributed by atoms with Crippen LogP contribution in [-0.4, -0.2) is 26.4 Å². The van der Waals surface area contributed by atoms with Crippen LogP contribution < -0.4 is 10.3 Å². The van der Waals surface area contributed by atoms with E-state index in [2.05, 4.69) is 15.2 Å². The van der Waals surface area contributed by atoms with E-state index in [-0.39, 0.29) is 5.56 Å². The maximum Gasteiger partial charge on any atom is 0.264 e. The highest BCUT2D eigenvalue weighted by molar-refractivity contribution is 5.59. The molecule has 21 heavy (non-hydrogen) atoms. The molecule has 3 aromatic rings. The van der Waals surface area contributed by atoms with Crippen LogP contribution in [0.1, 0.15) is 0 Å². The topological polar surface area (TPSA) is 72.8 Å². The lowest BCUT2D eigenvalue weighted by atomic mass is 10.1. The molecule has 0 unspecified atom stereocenters. The Balaban J connectivity index is 1.61. The van der Waals surface area contributed by atoms with E-state index in [1.54, 1.807) is 18.6 Å². The summed E-state index contributed by atoms with van der Waals surface area (Å²) in [6, 6.07) is 10.7. The summed E-state index contributed by atoms with van der Waals surface area (Å²) in [5.41, 5.74) is 1.44. The van der Waals surface area contributed by atoms with Gasteiger partial charge in [-0.25, -0.2) is 10.1 Å². The summed E-state index contributed by atoms with van der Waals surface area (Å²) in [5.74, 6) is 0.795. The van der Waals surface area contributed by atoms with Gasteiger partial charge in [0.05, 0.1) is 18.6 Å². The number of nitrogens with zero attached hydrogens (tertiary/aromatic N) is 3. The maximum absolute atomic E-state index is 11.0. The number of hydrogen-bond acceptors (Lipinski definition) is 4. The second kappa shape index (κ2) is 6.04. The van der Waals surface area contributed by atoms with Gasteiger partial charge in [-0.15, -0.1) is 0 Å². The van der Waals surface area contributed by atoms with E-state index >= 15 is 0 Å². The van der Waals surface area contributed by atoms with Crippen LogP contribution in [0.5, 0.6) is 5.75 Å². The van der Waals surface area contributed by atoms with Gasteiger partial charge in [-0.1, -0.05) is 0 Å². The van der Waals surface area contributed by atoms with Crippen molar-refractivity contribution in [2.24, 2.45) is 0 Å². The lowest BCUT2D eigenvalue weighted by molar-refractivity contribution is 0.298. The minimum atomic E-state index is -0.210. The van der Waals surface area contributed by atoms with Crippen LogP contribution in [0.25, 0.3) is 11.3 Å². The Morgan fingerprint density at radius 1 is 1.14 bits per heavy atom. The highest BCUT2D eigenvalue weighted by atomic mass is 16.5. The molecule has 0 saturated heterocycles. The Bertz CT molecular complexity index is 728. The molecule has 0 aliphatic heterocycles. The van der Waals surface area contributed by atoms with E-state index in [1.165, 1.54) is 6.07 Å². The van der Waals surface area contributed by atoms with Crippen LogP contribution in [0, 0.1) is 0 Å². The van der Waals surface area contributed by atoms with E-state index < -0.39 is 0 Å². The van der Waals surface area contributed by atoms with Crippen molar-refractivity contribution in [3.63, 3.8) is 0 Å². The maximum atomic E-state index is 11.0. The highest BCUT2D eigenvalue weighted by Gasteiger charge is 2.00. The Morgan fingerprint density at radius 2 is 2.00 bits per heavy atom. The first-order chi connectivity index (χ1) is 10.3. The van der Waals surface area contributed by atoms with Gasteiger partial charge in [0.25, 0.3) is 5.56 Å². The second-order valence-corrected chi connectivity index (χ2v) is 4.48. The predicted octanol–water partition coefficient (Wildman–Crippen LogP) is 1.71. The van der Waals surface area contributed by atoms with Crippen LogP contribution in [0.4, 0.5) is 0 Å². The van der Waals surface area contributed by atoms with Crippen molar-refractivity contribution >= 4 is 0 Å². The van der Waals surface area contributed by atoms with E-state index in [0.717, 1.165) is 23.6 Å². The zero-order valence-electron chi connectivity index (χ0n) is 11.3. The summed E-state index contributed by atoms with van der Waals surface area (Å²) in [5, 5.41) is 6.40. The number of hydrogen-bond donors (Lipinski definition) is 1. The lowest BCUT2D eigenvalue weighted by Crippen LogP contribution is -2.06. The molecular weight excluding hydrogens is 268 g/mol. The third kappa shape index (κ3) is 3.36. The van der Waals surface area contributed by atoms with Crippen molar-refractivity contribution in [2.75, 3.05) is 6.61 Å². The van der Waals surface area contributed by atoms with Crippen LogP contribution >= 0.6 is 0 Å². The van der Waals surface area contributed by atoms with Crippen LogP contribution in [-0.2, 0) is 6.54 Å². The number of aromatic amines is 1. The Kier molecular flexibility index (Phi) is 3.77. The second-order valence-electron chi connectivity index (χ2n) is 4.48. The number of aromatic nitrogens is 4. The number of benzene rings is 1. The first-order valence-electron chi connectivity index (χ1n) is 6.56. The molecule has 0 bridgehead atoms. The molecule has 0 aliphatic rings. The van der Waals surface area contributed by atoms with Crippen molar-refractivity contribution in [2.45, 2.75) is 6.54 Å². The fourth-order valence-corrected chi connectivity index (χ4v) is 1.92. The average molecular weight is 282 g/mol. The van der Waals surface area contributed by atoms with Gasteiger partial charge in [-0.3, -0.25) is 4.79 Å². The first kappa shape index (κ1) is 13.1. The SMILES string of the molecule is O=c1ccc(-c2ccc(OCCn3ccnc3)cc2)n[nH]1. The van der Waals surface area contributed by atoms with E-state index in [9.17, 15) is 4.79 Å². The standard InChI is InChI=1S/C15H14N4O2/c20-15-6-5-14(17-18-15)12-1-3-13(4-2-12)21-10-9-19-8-7-16-11-19/h1-8,11H,9-10H2,(H,18,20). The molecule has 0 amide bonds. The molecule has 1 aromatic carbocycles. The zero-order chi connectivity index (χ0) is 14.5. The lowest BCUT2D eigenvalue weighted by Gasteiger charge is -2.07. The zero-order valence-corrected chi connectivity index (χ0v) is 11.3. The number of ether oxygens (including phenoxy) is 1. The molecule has 0 radical (unpaired) electrons. The molecule has 6 nitrogen and oxygen atoms in total. The normalized spacial score (nSPS) is 10.5. The number of H-pyrrole nitrogens is 1. The molecule has 0 spiro atoms. The molecule has 0 fully saturated rings. The molecule has 1 N–H and O–H groups in total. The fraction of sp³-hybridized carbons (Fsp3) is 0.133. The number of imidazole rings is 1. The van der Waals surface area contributed by atoms with Gasteiger partial charge in [-0.05, 0) is 30.3 Å². The van der Waals surface area contributed by atoms with Crippen LogP contribution in [0.15, 0.2) is 59.9 Å². The van der Waals surface area contributed by atoms with Gasteiger partial charge in [-0.2, -0.15) is 5.10 Å². The minimum Gasteiger partial charge on any atom is -0.492 e. The highest BCUT2D eigenvalue weighted by Crippen LogP contribution is 2.19. The fourth-order valence-electron chi connectivity index (χ4n) is 1.92. The first-order valence-corrected chi connectivity index (χ1v) is 6.56. The van der Waals surface area contributed by atoms with Gasteiger partial charge in [0.1, 0.15) is 12.4 Å². The van der Waals surface area contributed by atoms with Gasteiger partial charge in [0, 0.05) is 24.0 Å². The van der Waals surface area contributed by atoms with Gasteiger partial charge < -0.3 is 9.30 Å². The van der Waals surface area contributed by atoms with E-state index in [0.29, 0.717) is 6.61 Å². The van der Waals surface area contributed by atoms with Crippen molar-refractivity contribution in [1.29, 1.82) is 0 Å². The molecule has 2 aromatic heterocycles. The summed E-state index contributed by atoms with van der Waals surface area (Å²) >= 11 is 0. The average Bonchev–Trinajstić information content (AvgIpc) is 3.02. The molecule has 0 saturated carbocycles. The van der Waals surface area contributed by atoms with Crippen LogP contribution in [0.3, 0.4) is 0 Å². The largest absolute Gasteiger partial charge is 0.492 e. The van der Waals surface area contributed by atoms with Gasteiger partial charge >= 0.3 is 0 Å². The number of rotatable bonds is 5. The molecular formula is C15H14N4O2. The quantitative estimate of drug-likeness (QED) is 0.773.